The van der Waals surface area contributed by atoms with Crippen LogP contribution in [0.25, 0.3) is 0 Å². The molecule has 1 fully saturated rings. The lowest BCUT2D eigenvalue weighted by Crippen LogP contribution is -2.33. The summed E-state index contributed by atoms with van der Waals surface area (Å²) < 4.78 is 5.44. The summed E-state index contributed by atoms with van der Waals surface area (Å²) in [6.45, 7) is 4.60. The van der Waals surface area contributed by atoms with Crippen LogP contribution in [0, 0.1) is 0 Å². The zero-order valence-corrected chi connectivity index (χ0v) is 12.3. The van der Waals surface area contributed by atoms with Gasteiger partial charge in [0.05, 0.1) is 6.61 Å². The lowest BCUT2D eigenvalue weighted by Gasteiger charge is -2.33. The highest BCUT2D eigenvalue weighted by molar-refractivity contribution is 5.41. The van der Waals surface area contributed by atoms with Gasteiger partial charge in [0.25, 0.3) is 0 Å². The topological polar surface area (TPSA) is 51.1 Å². The highest BCUT2D eigenvalue weighted by atomic mass is 16.5. The van der Waals surface area contributed by atoms with Gasteiger partial charge in [0.15, 0.2) is 0 Å². The maximum atomic E-state index is 5.44. The first kappa shape index (κ1) is 13.8. The third kappa shape index (κ3) is 3.29. The molecule has 21 heavy (non-hydrogen) atoms. The molecule has 0 aliphatic carbocycles. The van der Waals surface area contributed by atoms with Crippen LogP contribution in [0.5, 0.6) is 5.88 Å². The summed E-state index contributed by atoms with van der Waals surface area (Å²) in [6, 6.07) is 6.17. The number of pyridine rings is 1. The van der Waals surface area contributed by atoms with E-state index in [1.807, 2.05) is 25.4 Å². The second-order valence-electron chi connectivity index (χ2n) is 5.19. The Morgan fingerprint density at radius 1 is 1.19 bits per heavy atom. The minimum Gasteiger partial charge on any atom is -0.478 e. The monoisotopic (exact) mass is 284 g/mol. The summed E-state index contributed by atoms with van der Waals surface area (Å²) in [4.78, 5) is 14.9. The Bertz CT molecular complexity index is 567. The SMILES string of the molecule is CCOc1cc(N2CCC(c3ccncc3)CC2)ncn1. The van der Waals surface area contributed by atoms with E-state index in [4.69, 9.17) is 4.74 Å². The Morgan fingerprint density at radius 3 is 2.67 bits per heavy atom. The summed E-state index contributed by atoms with van der Waals surface area (Å²) in [6.07, 6.45) is 7.60. The predicted octanol–water partition coefficient (Wildman–Crippen LogP) is 2.65. The Balaban J connectivity index is 1.64. The van der Waals surface area contributed by atoms with E-state index < -0.39 is 0 Å². The number of piperidine rings is 1. The van der Waals surface area contributed by atoms with E-state index in [9.17, 15) is 0 Å². The van der Waals surface area contributed by atoms with Gasteiger partial charge in [-0.2, -0.15) is 0 Å². The number of anilines is 1. The fourth-order valence-electron chi connectivity index (χ4n) is 2.81. The van der Waals surface area contributed by atoms with Crippen molar-refractivity contribution in [2.24, 2.45) is 0 Å². The number of hydrogen-bond acceptors (Lipinski definition) is 5. The van der Waals surface area contributed by atoms with Gasteiger partial charge in [0, 0.05) is 31.5 Å². The smallest absolute Gasteiger partial charge is 0.218 e. The van der Waals surface area contributed by atoms with Crippen molar-refractivity contribution < 1.29 is 4.74 Å². The van der Waals surface area contributed by atoms with Crippen LogP contribution in [0.1, 0.15) is 31.2 Å². The molecule has 2 aromatic rings. The van der Waals surface area contributed by atoms with Gasteiger partial charge in [0.2, 0.25) is 5.88 Å². The molecule has 2 aromatic heterocycles. The first-order valence-electron chi connectivity index (χ1n) is 7.46. The normalized spacial score (nSPS) is 16.0. The number of ether oxygens (including phenoxy) is 1. The average Bonchev–Trinajstić information content (AvgIpc) is 2.56. The maximum absolute atomic E-state index is 5.44. The summed E-state index contributed by atoms with van der Waals surface area (Å²) >= 11 is 0. The molecule has 110 valence electrons. The molecule has 1 saturated heterocycles. The van der Waals surface area contributed by atoms with E-state index >= 15 is 0 Å². The summed E-state index contributed by atoms with van der Waals surface area (Å²) in [7, 11) is 0. The van der Waals surface area contributed by atoms with E-state index in [-0.39, 0.29) is 0 Å². The molecule has 3 rings (SSSR count). The standard InChI is InChI=1S/C16H20N4O/c1-2-21-16-11-15(18-12-19-16)20-9-5-14(6-10-20)13-3-7-17-8-4-13/h3-4,7-8,11-12,14H,2,5-6,9-10H2,1H3. The second kappa shape index (κ2) is 6.52. The minimum atomic E-state index is 0.623. The van der Waals surface area contributed by atoms with Gasteiger partial charge in [0.1, 0.15) is 12.1 Å². The number of aromatic nitrogens is 3. The van der Waals surface area contributed by atoms with Crippen molar-refractivity contribution in [2.75, 3.05) is 24.6 Å². The highest BCUT2D eigenvalue weighted by Gasteiger charge is 2.21. The van der Waals surface area contributed by atoms with Crippen LogP contribution in [0.4, 0.5) is 5.82 Å². The molecule has 0 aromatic carbocycles. The van der Waals surface area contributed by atoms with Gasteiger partial charge in [-0.25, -0.2) is 9.97 Å². The zero-order chi connectivity index (χ0) is 14.5. The van der Waals surface area contributed by atoms with Gasteiger partial charge in [-0.05, 0) is 43.4 Å². The number of rotatable bonds is 4. The highest BCUT2D eigenvalue weighted by Crippen LogP contribution is 2.29. The lowest BCUT2D eigenvalue weighted by atomic mass is 9.90. The van der Waals surface area contributed by atoms with Crippen LogP contribution >= 0.6 is 0 Å². The fraction of sp³-hybridized carbons (Fsp3) is 0.438. The van der Waals surface area contributed by atoms with Gasteiger partial charge < -0.3 is 9.64 Å². The van der Waals surface area contributed by atoms with Crippen molar-refractivity contribution in [1.29, 1.82) is 0 Å². The molecule has 0 radical (unpaired) electrons. The third-order valence-corrected chi connectivity index (χ3v) is 3.92. The quantitative estimate of drug-likeness (QED) is 0.864. The molecule has 0 spiro atoms. The maximum Gasteiger partial charge on any atom is 0.218 e. The van der Waals surface area contributed by atoms with Gasteiger partial charge in [-0.15, -0.1) is 0 Å². The molecular weight excluding hydrogens is 264 g/mol. The zero-order valence-electron chi connectivity index (χ0n) is 12.3. The number of hydrogen-bond donors (Lipinski definition) is 0. The Kier molecular flexibility index (Phi) is 4.28. The van der Waals surface area contributed by atoms with Crippen LogP contribution in [0.3, 0.4) is 0 Å². The molecule has 3 heterocycles. The molecule has 1 aliphatic heterocycles. The fourth-order valence-corrected chi connectivity index (χ4v) is 2.81. The van der Waals surface area contributed by atoms with Crippen LogP contribution in [-0.4, -0.2) is 34.6 Å². The summed E-state index contributed by atoms with van der Waals surface area (Å²) in [5, 5.41) is 0. The van der Waals surface area contributed by atoms with E-state index in [1.165, 1.54) is 5.56 Å². The molecule has 0 bridgehead atoms. The van der Waals surface area contributed by atoms with Gasteiger partial charge >= 0.3 is 0 Å². The molecule has 0 saturated carbocycles. The van der Waals surface area contributed by atoms with E-state index in [0.717, 1.165) is 31.7 Å². The number of nitrogens with zero attached hydrogens (tertiary/aromatic N) is 4. The second-order valence-corrected chi connectivity index (χ2v) is 5.19. The average molecular weight is 284 g/mol. The third-order valence-electron chi connectivity index (χ3n) is 3.92. The first-order chi connectivity index (χ1) is 10.4. The van der Waals surface area contributed by atoms with Crippen molar-refractivity contribution in [3.8, 4) is 5.88 Å². The molecule has 5 nitrogen and oxygen atoms in total. The van der Waals surface area contributed by atoms with Crippen LogP contribution in [0.15, 0.2) is 36.9 Å². The van der Waals surface area contributed by atoms with Crippen molar-refractivity contribution in [3.63, 3.8) is 0 Å². The Morgan fingerprint density at radius 2 is 1.95 bits per heavy atom. The van der Waals surface area contributed by atoms with E-state index in [1.54, 1.807) is 6.33 Å². The molecule has 1 aliphatic rings. The molecule has 0 N–H and O–H groups in total. The molecule has 0 atom stereocenters. The van der Waals surface area contributed by atoms with Crippen molar-refractivity contribution >= 4 is 5.82 Å². The van der Waals surface area contributed by atoms with Gasteiger partial charge in [-0.1, -0.05) is 0 Å². The van der Waals surface area contributed by atoms with E-state index in [0.29, 0.717) is 18.4 Å². The minimum absolute atomic E-state index is 0.623. The van der Waals surface area contributed by atoms with Crippen LogP contribution in [0.2, 0.25) is 0 Å². The molecule has 0 amide bonds. The first-order valence-corrected chi connectivity index (χ1v) is 7.46. The van der Waals surface area contributed by atoms with Gasteiger partial charge in [-0.3, -0.25) is 4.98 Å². The van der Waals surface area contributed by atoms with Crippen molar-refractivity contribution in [1.82, 2.24) is 15.0 Å². The van der Waals surface area contributed by atoms with Crippen molar-refractivity contribution in [2.45, 2.75) is 25.7 Å². The molecular formula is C16H20N4O. The van der Waals surface area contributed by atoms with Crippen molar-refractivity contribution in [3.05, 3.63) is 42.5 Å². The summed E-state index contributed by atoms with van der Waals surface area (Å²) in [5.41, 5.74) is 1.39. The van der Waals surface area contributed by atoms with Crippen LogP contribution in [-0.2, 0) is 0 Å². The Labute approximate surface area is 125 Å². The lowest BCUT2D eigenvalue weighted by molar-refractivity contribution is 0.326. The molecule has 0 unspecified atom stereocenters. The molecule has 5 heteroatoms. The Hall–Kier alpha value is -2.17. The van der Waals surface area contributed by atoms with Crippen LogP contribution < -0.4 is 9.64 Å². The largest absolute Gasteiger partial charge is 0.478 e. The predicted molar refractivity (Wildman–Crippen MR) is 81.6 cm³/mol. The summed E-state index contributed by atoms with van der Waals surface area (Å²) in [5.74, 6) is 2.23. The van der Waals surface area contributed by atoms with E-state index in [2.05, 4.69) is 32.0 Å².